The number of nitrogens with zero attached hydrogens (tertiary/aromatic N) is 2. The predicted octanol–water partition coefficient (Wildman–Crippen LogP) is 3.01. The molecule has 1 heterocycles. The van der Waals surface area contributed by atoms with Crippen LogP contribution in [0, 0.1) is 5.82 Å². The van der Waals surface area contributed by atoms with Gasteiger partial charge in [-0.3, -0.25) is 4.68 Å². The maximum Gasteiger partial charge on any atom is 0.149 e. The Morgan fingerprint density at radius 3 is 2.53 bits per heavy atom. The van der Waals surface area contributed by atoms with E-state index in [1.807, 2.05) is 6.07 Å². The number of aryl methyl sites for hydroxylation is 1. The zero-order chi connectivity index (χ0) is 11.2. The molecule has 0 radical (unpaired) electrons. The number of benzene rings is 1. The number of rotatable bonds is 0. The van der Waals surface area contributed by atoms with E-state index >= 15 is 0 Å². The van der Waals surface area contributed by atoms with Crippen molar-refractivity contribution in [2.45, 2.75) is 26.2 Å². The molecule has 0 aliphatic carbocycles. The highest BCUT2D eigenvalue weighted by Gasteiger charge is 2.17. The van der Waals surface area contributed by atoms with Gasteiger partial charge in [-0.2, -0.15) is 5.10 Å². The molecule has 2 nitrogen and oxygen atoms in total. The van der Waals surface area contributed by atoms with Crippen LogP contribution >= 0.6 is 0 Å². The predicted molar refractivity (Wildman–Crippen MR) is 59.4 cm³/mol. The van der Waals surface area contributed by atoms with E-state index in [1.54, 1.807) is 24.0 Å². The van der Waals surface area contributed by atoms with Crippen molar-refractivity contribution >= 4 is 10.9 Å². The van der Waals surface area contributed by atoms with Crippen LogP contribution in [0.15, 0.2) is 18.3 Å². The SMILES string of the molecule is Cn1ncc2cc(C(C)(C)C)cc(F)c21. The smallest absolute Gasteiger partial charge is 0.149 e. The van der Waals surface area contributed by atoms with Crippen LogP contribution < -0.4 is 0 Å². The van der Waals surface area contributed by atoms with E-state index in [1.165, 1.54) is 0 Å². The van der Waals surface area contributed by atoms with Gasteiger partial charge in [-0.1, -0.05) is 20.8 Å². The molecule has 0 aliphatic rings. The van der Waals surface area contributed by atoms with Gasteiger partial charge in [0.25, 0.3) is 0 Å². The molecule has 1 aromatic carbocycles. The van der Waals surface area contributed by atoms with E-state index in [-0.39, 0.29) is 11.2 Å². The van der Waals surface area contributed by atoms with E-state index < -0.39 is 0 Å². The fourth-order valence-electron chi connectivity index (χ4n) is 1.70. The molecule has 15 heavy (non-hydrogen) atoms. The number of halogens is 1. The van der Waals surface area contributed by atoms with Crippen LogP contribution in [0.25, 0.3) is 10.9 Å². The summed E-state index contributed by atoms with van der Waals surface area (Å²) in [5.74, 6) is -0.197. The van der Waals surface area contributed by atoms with E-state index in [4.69, 9.17) is 0 Å². The van der Waals surface area contributed by atoms with Crippen LogP contribution in [0.2, 0.25) is 0 Å². The van der Waals surface area contributed by atoms with Crippen molar-refractivity contribution in [2.75, 3.05) is 0 Å². The van der Waals surface area contributed by atoms with Crippen LogP contribution in [-0.2, 0) is 12.5 Å². The lowest BCUT2D eigenvalue weighted by Crippen LogP contribution is -2.11. The summed E-state index contributed by atoms with van der Waals surface area (Å²) < 4.78 is 15.4. The summed E-state index contributed by atoms with van der Waals surface area (Å²) in [6.45, 7) is 6.22. The first-order valence-electron chi connectivity index (χ1n) is 5.01. The van der Waals surface area contributed by atoms with E-state index in [2.05, 4.69) is 25.9 Å². The van der Waals surface area contributed by atoms with Crippen molar-refractivity contribution in [1.29, 1.82) is 0 Å². The van der Waals surface area contributed by atoms with Crippen molar-refractivity contribution in [1.82, 2.24) is 9.78 Å². The van der Waals surface area contributed by atoms with Gasteiger partial charge in [0.05, 0.1) is 6.20 Å². The van der Waals surface area contributed by atoms with Gasteiger partial charge in [-0.25, -0.2) is 4.39 Å². The van der Waals surface area contributed by atoms with Crippen molar-refractivity contribution in [3.05, 3.63) is 29.7 Å². The van der Waals surface area contributed by atoms with Crippen molar-refractivity contribution in [3.8, 4) is 0 Å². The summed E-state index contributed by atoms with van der Waals surface area (Å²) >= 11 is 0. The van der Waals surface area contributed by atoms with Crippen LogP contribution in [-0.4, -0.2) is 9.78 Å². The normalized spacial score (nSPS) is 12.3. The Morgan fingerprint density at radius 2 is 1.93 bits per heavy atom. The molecule has 0 amide bonds. The lowest BCUT2D eigenvalue weighted by Gasteiger charge is -2.19. The van der Waals surface area contributed by atoms with Crippen molar-refractivity contribution in [2.24, 2.45) is 7.05 Å². The topological polar surface area (TPSA) is 17.8 Å². The Kier molecular flexibility index (Phi) is 2.07. The minimum atomic E-state index is -0.197. The molecular weight excluding hydrogens is 191 g/mol. The van der Waals surface area contributed by atoms with Crippen LogP contribution in [0.3, 0.4) is 0 Å². The van der Waals surface area contributed by atoms with Gasteiger partial charge in [-0.15, -0.1) is 0 Å². The van der Waals surface area contributed by atoms with Gasteiger partial charge < -0.3 is 0 Å². The fraction of sp³-hybridized carbons (Fsp3) is 0.417. The molecule has 0 aliphatic heterocycles. The Balaban J connectivity index is 2.74. The molecule has 0 atom stereocenters. The summed E-state index contributed by atoms with van der Waals surface area (Å²) in [5.41, 5.74) is 1.54. The first-order valence-corrected chi connectivity index (χ1v) is 5.01. The lowest BCUT2D eigenvalue weighted by molar-refractivity contribution is 0.574. The Morgan fingerprint density at radius 1 is 1.27 bits per heavy atom. The van der Waals surface area contributed by atoms with Crippen molar-refractivity contribution < 1.29 is 4.39 Å². The second-order valence-corrected chi connectivity index (χ2v) is 4.91. The molecule has 0 saturated carbocycles. The minimum absolute atomic E-state index is 0.0368. The van der Waals surface area contributed by atoms with E-state index in [0.717, 1.165) is 10.9 Å². The van der Waals surface area contributed by atoms with Crippen molar-refractivity contribution in [3.63, 3.8) is 0 Å². The summed E-state index contributed by atoms with van der Waals surface area (Å²) in [6.07, 6.45) is 1.70. The summed E-state index contributed by atoms with van der Waals surface area (Å²) in [7, 11) is 1.75. The molecule has 1 aromatic heterocycles. The average molecular weight is 206 g/mol. The molecule has 0 saturated heterocycles. The molecule has 3 heteroatoms. The first kappa shape index (κ1) is 10.1. The third-order valence-corrected chi connectivity index (χ3v) is 2.65. The molecular formula is C12H15FN2. The highest BCUT2D eigenvalue weighted by Crippen LogP contribution is 2.27. The number of aromatic nitrogens is 2. The van der Waals surface area contributed by atoms with Gasteiger partial charge in [0.2, 0.25) is 0 Å². The number of hydrogen-bond acceptors (Lipinski definition) is 1. The molecule has 80 valence electrons. The first-order chi connectivity index (χ1) is 6.89. The van der Waals surface area contributed by atoms with Gasteiger partial charge in [0, 0.05) is 12.4 Å². The Labute approximate surface area is 88.7 Å². The van der Waals surface area contributed by atoms with E-state index in [0.29, 0.717) is 5.52 Å². The largest absolute Gasteiger partial charge is 0.265 e. The zero-order valence-electron chi connectivity index (χ0n) is 9.50. The Hall–Kier alpha value is -1.38. The second kappa shape index (κ2) is 3.05. The highest BCUT2D eigenvalue weighted by molar-refractivity contribution is 5.80. The molecule has 0 spiro atoms. The number of hydrogen-bond donors (Lipinski definition) is 0. The van der Waals surface area contributed by atoms with Crippen LogP contribution in [0.5, 0.6) is 0 Å². The molecule has 0 N–H and O–H groups in total. The van der Waals surface area contributed by atoms with Crippen LogP contribution in [0.1, 0.15) is 26.3 Å². The molecule has 2 aromatic rings. The fourth-order valence-corrected chi connectivity index (χ4v) is 1.70. The standard InChI is InChI=1S/C12H15FN2/c1-12(2,3)9-5-8-7-14-15(4)11(8)10(13)6-9/h5-7H,1-4H3. The monoisotopic (exact) mass is 206 g/mol. The third-order valence-electron chi connectivity index (χ3n) is 2.65. The van der Waals surface area contributed by atoms with Gasteiger partial charge in [0.1, 0.15) is 11.3 Å². The molecule has 2 rings (SSSR count). The van der Waals surface area contributed by atoms with Gasteiger partial charge >= 0.3 is 0 Å². The summed E-state index contributed by atoms with van der Waals surface area (Å²) in [4.78, 5) is 0. The van der Waals surface area contributed by atoms with Gasteiger partial charge in [-0.05, 0) is 23.1 Å². The van der Waals surface area contributed by atoms with Gasteiger partial charge in [0.15, 0.2) is 0 Å². The Bertz CT molecular complexity index is 506. The highest BCUT2D eigenvalue weighted by atomic mass is 19.1. The lowest BCUT2D eigenvalue weighted by atomic mass is 9.86. The maximum absolute atomic E-state index is 13.8. The second-order valence-electron chi connectivity index (χ2n) is 4.91. The minimum Gasteiger partial charge on any atom is -0.265 e. The van der Waals surface area contributed by atoms with E-state index in [9.17, 15) is 4.39 Å². The third kappa shape index (κ3) is 1.62. The number of fused-ring (bicyclic) bond motifs is 1. The zero-order valence-corrected chi connectivity index (χ0v) is 9.50. The molecule has 0 fully saturated rings. The van der Waals surface area contributed by atoms with Crippen LogP contribution in [0.4, 0.5) is 4.39 Å². The summed E-state index contributed by atoms with van der Waals surface area (Å²) in [6, 6.07) is 3.61. The quantitative estimate of drug-likeness (QED) is 0.648. The molecule has 0 bridgehead atoms. The average Bonchev–Trinajstić information content (AvgIpc) is 2.46. The maximum atomic E-state index is 13.8. The summed E-state index contributed by atoms with van der Waals surface area (Å²) in [5, 5.41) is 4.92. The molecule has 0 unspecified atom stereocenters.